The SMILES string of the molecule is CCCS(=O)(=O)ON=C1C=CC(=C(C=N)c2ccccc2C)S1. The van der Waals surface area contributed by atoms with Crippen molar-refractivity contribution in [2.45, 2.75) is 20.3 Å². The molecule has 0 saturated carbocycles. The predicted octanol–water partition coefficient (Wildman–Crippen LogP) is 3.73. The van der Waals surface area contributed by atoms with E-state index in [1.54, 1.807) is 13.0 Å². The fourth-order valence-corrected chi connectivity index (χ4v) is 3.73. The number of nitrogens with zero attached hydrogens (tertiary/aromatic N) is 1. The van der Waals surface area contributed by atoms with Crippen molar-refractivity contribution in [1.82, 2.24) is 0 Å². The number of aryl methyl sites for hydroxylation is 1. The molecule has 0 atom stereocenters. The first kappa shape index (κ1) is 17.5. The molecule has 122 valence electrons. The van der Waals surface area contributed by atoms with Crippen molar-refractivity contribution in [3.05, 3.63) is 52.4 Å². The van der Waals surface area contributed by atoms with E-state index in [0.717, 1.165) is 21.6 Å². The fraction of sp³-hybridized carbons (Fsp3) is 0.250. The van der Waals surface area contributed by atoms with Crippen LogP contribution in [0.2, 0.25) is 0 Å². The number of oxime groups is 1. The molecule has 5 nitrogen and oxygen atoms in total. The molecule has 7 heteroatoms. The maximum atomic E-state index is 11.5. The van der Waals surface area contributed by atoms with E-state index in [-0.39, 0.29) is 5.75 Å². The quantitative estimate of drug-likeness (QED) is 0.626. The van der Waals surface area contributed by atoms with E-state index in [4.69, 9.17) is 5.41 Å². The minimum atomic E-state index is -3.62. The van der Waals surface area contributed by atoms with Crippen molar-refractivity contribution >= 4 is 38.7 Å². The Bertz CT molecular complexity index is 793. The fourth-order valence-electron chi connectivity index (χ4n) is 2.06. The molecule has 0 bridgehead atoms. The number of hydrogen-bond donors (Lipinski definition) is 1. The third kappa shape index (κ3) is 4.56. The molecule has 0 unspecified atom stereocenters. The first-order valence-electron chi connectivity index (χ1n) is 7.13. The second-order valence-corrected chi connectivity index (χ2v) is 7.67. The lowest BCUT2D eigenvalue weighted by Crippen LogP contribution is -2.07. The number of hydrogen-bond acceptors (Lipinski definition) is 6. The van der Waals surface area contributed by atoms with E-state index in [0.29, 0.717) is 11.5 Å². The van der Waals surface area contributed by atoms with Gasteiger partial charge in [0.05, 0.1) is 5.75 Å². The van der Waals surface area contributed by atoms with Gasteiger partial charge < -0.3 is 5.41 Å². The van der Waals surface area contributed by atoms with Gasteiger partial charge in [-0.3, -0.25) is 4.28 Å². The van der Waals surface area contributed by atoms with Crippen molar-refractivity contribution in [2.75, 3.05) is 5.75 Å². The van der Waals surface area contributed by atoms with Crippen molar-refractivity contribution in [3.63, 3.8) is 0 Å². The summed E-state index contributed by atoms with van der Waals surface area (Å²) in [4.78, 5) is 0.838. The molecule has 1 heterocycles. The monoisotopic (exact) mass is 350 g/mol. The maximum absolute atomic E-state index is 11.5. The van der Waals surface area contributed by atoms with Crippen LogP contribution in [0.25, 0.3) is 5.57 Å². The lowest BCUT2D eigenvalue weighted by molar-refractivity contribution is 0.340. The Hall–Kier alpha value is -1.86. The summed E-state index contributed by atoms with van der Waals surface area (Å²) in [7, 11) is -3.62. The lowest BCUT2D eigenvalue weighted by Gasteiger charge is -2.08. The van der Waals surface area contributed by atoms with Gasteiger partial charge in [0.15, 0.2) is 0 Å². The van der Waals surface area contributed by atoms with Gasteiger partial charge in [0.2, 0.25) is 0 Å². The highest BCUT2D eigenvalue weighted by atomic mass is 32.2. The van der Waals surface area contributed by atoms with Crippen molar-refractivity contribution < 1.29 is 12.7 Å². The number of thioether (sulfide) groups is 1. The first-order valence-corrected chi connectivity index (χ1v) is 9.52. The van der Waals surface area contributed by atoms with E-state index in [1.807, 2.05) is 37.3 Å². The molecular weight excluding hydrogens is 332 g/mol. The zero-order valence-electron chi connectivity index (χ0n) is 12.9. The van der Waals surface area contributed by atoms with Gasteiger partial charge in [-0.1, -0.05) is 48.1 Å². The summed E-state index contributed by atoms with van der Waals surface area (Å²) >= 11 is 1.28. The Morgan fingerprint density at radius 3 is 2.74 bits per heavy atom. The molecule has 2 rings (SSSR count). The van der Waals surface area contributed by atoms with Crippen LogP contribution in [0.15, 0.2) is 46.5 Å². The molecule has 1 aromatic carbocycles. The highest BCUT2D eigenvalue weighted by Gasteiger charge is 2.17. The molecule has 0 amide bonds. The van der Waals surface area contributed by atoms with Crippen LogP contribution in [0.3, 0.4) is 0 Å². The zero-order chi connectivity index (χ0) is 16.9. The molecule has 1 N–H and O–H groups in total. The summed E-state index contributed by atoms with van der Waals surface area (Å²) in [6.07, 6.45) is 5.27. The summed E-state index contributed by atoms with van der Waals surface area (Å²) in [5, 5.41) is 11.8. The van der Waals surface area contributed by atoms with Crippen LogP contribution in [0, 0.1) is 12.3 Å². The van der Waals surface area contributed by atoms with Gasteiger partial charge in [-0.05, 0) is 36.6 Å². The van der Waals surface area contributed by atoms with Crippen LogP contribution in [0.1, 0.15) is 24.5 Å². The number of benzene rings is 1. The van der Waals surface area contributed by atoms with Crippen LogP contribution in [-0.2, 0) is 14.4 Å². The van der Waals surface area contributed by atoms with Crippen molar-refractivity contribution in [3.8, 4) is 0 Å². The first-order chi connectivity index (χ1) is 11.0. The van der Waals surface area contributed by atoms with Crippen molar-refractivity contribution in [1.29, 1.82) is 5.41 Å². The van der Waals surface area contributed by atoms with Gasteiger partial charge >= 0.3 is 10.1 Å². The molecule has 0 fully saturated rings. The second kappa shape index (κ2) is 7.61. The number of nitrogens with one attached hydrogen (secondary N) is 1. The van der Waals surface area contributed by atoms with Crippen LogP contribution < -0.4 is 0 Å². The molecule has 23 heavy (non-hydrogen) atoms. The molecule has 1 aromatic rings. The summed E-state index contributed by atoms with van der Waals surface area (Å²) in [5.41, 5.74) is 2.81. The van der Waals surface area contributed by atoms with Gasteiger partial charge in [-0.25, -0.2) is 0 Å². The number of allylic oxidation sites excluding steroid dienone is 2. The minimum absolute atomic E-state index is 0.0597. The van der Waals surface area contributed by atoms with Crippen LogP contribution >= 0.6 is 11.8 Å². The van der Waals surface area contributed by atoms with Crippen LogP contribution in [0.4, 0.5) is 0 Å². The third-order valence-electron chi connectivity index (χ3n) is 3.13. The molecule has 0 radical (unpaired) electrons. The zero-order valence-corrected chi connectivity index (χ0v) is 14.6. The lowest BCUT2D eigenvalue weighted by atomic mass is 10.0. The van der Waals surface area contributed by atoms with Crippen LogP contribution in [0.5, 0.6) is 0 Å². The van der Waals surface area contributed by atoms with Gasteiger partial charge in [0.25, 0.3) is 0 Å². The minimum Gasteiger partial charge on any atom is -0.308 e. The molecule has 0 aromatic heterocycles. The maximum Gasteiger partial charge on any atom is 0.328 e. The Morgan fingerprint density at radius 1 is 1.35 bits per heavy atom. The van der Waals surface area contributed by atoms with E-state index < -0.39 is 10.1 Å². The summed E-state index contributed by atoms with van der Waals surface area (Å²) in [6, 6.07) is 7.81. The Morgan fingerprint density at radius 2 is 2.09 bits per heavy atom. The topological polar surface area (TPSA) is 79.6 Å². The standard InChI is InChI=1S/C16H18N2O3S2/c1-3-10-23(19,20)21-18-16-9-8-15(22-16)14(11-17)13-7-5-4-6-12(13)2/h4-9,11,17H,3,10H2,1-2H3. The Kier molecular flexibility index (Phi) is 5.79. The van der Waals surface area contributed by atoms with Crippen LogP contribution in [-0.4, -0.2) is 25.4 Å². The van der Waals surface area contributed by atoms with E-state index in [1.165, 1.54) is 18.0 Å². The molecule has 1 aliphatic rings. The summed E-state index contributed by atoms with van der Waals surface area (Å²) in [5.74, 6) is -0.0597. The highest BCUT2D eigenvalue weighted by molar-refractivity contribution is 8.18. The predicted molar refractivity (Wildman–Crippen MR) is 96.2 cm³/mol. The Balaban J connectivity index is 2.23. The largest absolute Gasteiger partial charge is 0.328 e. The summed E-state index contributed by atoms with van der Waals surface area (Å²) < 4.78 is 27.7. The molecule has 0 saturated heterocycles. The van der Waals surface area contributed by atoms with Gasteiger partial charge in [0.1, 0.15) is 5.04 Å². The molecule has 0 aliphatic carbocycles. The normalized spacial score (nSPS) is 18.3. The van der Waals surface area contributed by atoms with Crippen molar-refractivity contribution in [2.24, 2.45) is 5.16 Å². The third-order valence-corrected chi connectivity index (χ3v) is 5.34. The van der Waals surface area contributed by atoms with E-state index in [9.17, 15) is 8.42 Å². The van der Waals surface area contributed by atoms with E-state index >= 15 is 0 Å². The molecule has 0 spiro atoms. The number of rotatable bonds is 6. The van der Waals surface area contributed by atoms with E-state index in [2.05, 4.69) is 9.44 Å². The second-order valence-electron chi connectivity index (χ2n) is 4.94. The Labute approximate surface area is 140 Å². The average molecular weight is 350 g/mol. The van der Waals surface area contributed by atoms with Gasteiger partial charge in [-0.2, -0.15) is 8.42 Å². The molecule has 1 aliphatic heterocycles. The summed E-state index contributed by atoms with van der Waals surface area (Å²) in [6.45, 7) is 3.75. The van der Waals surface area contributed by atoms with Gasteiger partial charge in [0, 0.05) is 16.7 Å². The van der Waals surface area contributed by atoms with Gasteiger partial charge in [-0.15, -0.1) is 0 Å². The molecular formula is C16H18N2O3S2. The smallest absolute Gasteiger partial charge is 0.308 e. The highest BCUT2D eigenvalue weighted by Crippen LogP contribution is 2.34. The average Bonchev–Trinajstić information content (AvgIpc) is 2.97.